The average molecular weight is 303 g/mol. The minimum Gasteiger partial charge on any atom is -0.395 e. The summed E-state index contributed by atoms with van der Waals surface area (Å²) in [6.45, 7) is 0.603. The Kier molecular flexibility index (Phi) is 3.80. The van der Waals surface area contributed by atoms with Crippen molar-refractivity contribution in [3.8, 4) is 6.07 Å². The molecule has 5 heteroatoms. The molecule has 0 radical (unpaired) electrons. The molecule has 18 heavy (non-hydrogen) atoms. The summed E-state index contributed by atoms with van der Waals surface area (Å²) < 4.78 is 1.02. The van der Waals surface area contributed by atoms with Crippen LogP contribution in [0.5, 0.6) is 0 Å². The summed E-state index contributed by atoms with van der Waals surface area (Å²) in [7, 11) is 0. The molecule has 90 valence electrons. The van der Waals surface area contributed by atoms with Crippen LogP contribution in [0.4, 0.5) is 11.5 Å². The Labute approximate surface area is 114 Å². The van der Waals surface area contributed by atoms with Crippen molar-refractivity contribution in [2.24, 2.45) is 0 Å². The van der Waals surface area contributed by atoms with Crippen LogP contribution in [0.25, 0.3) is 0 Å². The molecular weight excluding hydrogens is 292 g/mol. The van der Waals surface area contributed by atoms with Crippen LogP contribution in [-0.2, 0) is 6.54 Å². The second-order valence-electron chi connectivity index (χ2n) is 3.72. The van der Waals surface area contributed by atoms with Crippen LogP contribution >= 0.6 is 15.9 Å². The zero-order valence-corrected chi connectivity index (χ0v) is 11.1. The van der Waals surface area contributed by atoms with Gasteiger partial charge in [-0.05, 0) is 23.8 Å². The Hall–Kier alpha value is -2.06. The van der Waals surface area contributed by atoms with Crippen molar-refractivity contribution in [3.63, 3.8) is 0 Å². The van der Waals surface area contributed by atoms with E-state index in [-0.39, 0.29) is 0 Å². The van der Waals surface area contributed by atoms with Crippen molar-refractivity contribution >= 4 is 27.4 Å². The molecule has 0 bridgehead atoms. The fourth-order valence-electron chi connectivity index (χ4n) is 1.54. The molecule has 0 atom stereocenters. The van der Waals surface area contributed by atoms with Gasteiger partial charge in [0.25, 0.3) is 0 Å². The SMILES string of the molecule is N#Cc1ccnc(NCc2cccc(Br)c2)c1N. The van der Waals surface area contributed by atoms with E-state index in [0.717, 1.165) is 10.0 Å². The lowest BCUT2D eigenvalue weighted by Gasteiger charge is -2.09. The van der Waals surface area contributed by atoms with E-state index < -0.39 is 0 Å². The zero-order chi connectivity index (χ0) is 13.0. The van der Waals surface area contributed by atoms with E-state index >= 15 is 0 Å². The van der Waals surface area contributed by atoms with Gasteiger partial charge in [-0.1, -0.05) is 28.1 Å². The Balaban J connectivity index is 2.14. The maximum atomic E-state index is 8.87. The van der Waals surface area contributed by atoms with Gasteiger partial charge in [-0.15, -0.1) is 0 Å². The summed E-state index contributed by atoms with van der Waals surface area (Å²) >= 11 is 3.41. The standard InChI is InChI=1S/C13H11BrN4/c14-11-3-1-2-9(6-11)8-18-13-12(16)10(7-15)4-5-17-13/h1-6H,8,16H2,(H,17,18). The molecule has 0 saturated carbocycles. The van der Waals surface area contributed by atoms with Gasteiger partial charge in [0.15, 0.2) is 5.82 Å². The number of hydrogen-bond acceptors (Lipinski definition) is 4. The van der Waals surface area contributed by atoms with E-state index in [4.69, 9.17) is 11.0 Å². The number of anilines is 2. The lowest BCUT2D eigenvalue weighted by atomic mass is 10.2. The smallest absolute Gasteiger partial charge is 0.150 e. The van der Waals surface area contributed by atoms with Gasteiger partial charge in [0.2, 0.25) is 0 Å². The molecule has 2 rings (SSSR count). The van der Waals surface area contributed by atoms with Crippen LogP contribution in [0, 0.1) is 11.3 Å². The van der Waals surface area contributed by atoms with Gasteiger partial charge in [-0.2, -0.15) is 5.26 Å². The molecule has 0 saturated heterocycles. The van der Waals surface area contributed by atoms with Crippen LogP contribution in [0.1, 0.15) is 11.1 Å². The molecule has 1 heterocycles. The molecule has 1 aromatic carbocycles. The number of nitrogen functional groups attached to an aromatic ring is 1. The molecule has 1 aromatic heterocycles. The highest BCUT2D eigenvalue weighted by molar-refractivity contribution is 9.10. The lowest BCUT2D eigenvalue weighted by Crippen LogP contribution is -2.05. The second kappa shape index (κ2) is 5.52. The Morgan fingerprint density at radius 2 is 2.22 bits per heavy atom. The van der Waals surface area contributed by atoms with Gasteiger partial charge in [0, 0.05) is 17.2 Å². The van der Waals surface area contributed by atoms with Gasteiger partial charge in [-0.25, -0.2) is 4.98 Å². The van der Waals surface area contributed by atoms with Gasteiger partial charge in [-0.3, -0.25) is 0 Å². The van der Waals surface area contributed by atoms with Gasteiger partial charge in [0.1, 0.15) is 6.07 Å². The van der Waals surface area contributed by atoms with Crippen LogP contribution in [0.2, 0.25) is 0 Å². The van der Waals surface area contributed by atoms with Crippen molar-refractivity contribution in [2.75, 3.05) is 11.1 Å². The van der Waals surface area contributed by atoms with Crippen molar-refractivity contribution < 1.29 is 0 Å². The molecule has 0 aliphatic heterocycles. The quantitative estimate of drug-likeness (QED) is 0.914. The van der Waals surface area contributed by atoms with E-state index in [2.05, 4.69) is 26.2 Å². The average Bonchev–Trinajstić information content (AvgIpc) is 2.38. The Morgan fingerprint density at radius 1 is 1.39 bits per heavy atom. The summed E-state index contributed by atoms with van der Waals surface area (Å²) in [6, 6.07) is 11.6. The number of nitriles is 1. The molecule has 0 unspecified atom stereocenters. The molecule has 4 nitrogen and oxygen atoms in total. The van der Waals surface area contributed by atoms with Crippen LogP contribution < -0.4 is 11.1 Å². The van der Waals surface area contributed by atoms with E-state index in [1.54, 1.807) is 12.3 Å². The van der Waals surface area contributed by atoms with Gasteiger partial charge >= 0.3 is 0 Å². The highest BCUT2D eigenvalue weighted by Gasteiger charge is 2.05. The maximum Gasteiger partial charge on any atom is 0.150 e. The number of nitrogens with two attached hydrogens (primary N) is 1. The third kappa shape index (κ3) is 2.79. The molecule has 0 amide bonds. The fraction of sp³-hybridized carbons (Fsp3) is 0.0769. The normalized spacial score (nSPS) is 9.78. The second-order valence-corrected chi connectivity index (χ2v) is 4.63. The van der Waals surface area contributed by atoms with E-state index in [1.165, 1.54) is 0 Å². The van der Waals surface area contributed by atoms with Crippen LogP contribution in [0.15, 0.2) is 41.0 Å². The predicted octanol–water partition coefficient (Wildman–Crippen LogP) is 2.91. The topological polar surface area (TPSA) is 74.7 Å². The first-order valence-electron chi connectivity index (χ1n) is 5.33. The number of rotatable bonds is 3. The predicted molar refractivity (Wildman–Crippen MR) is 74.8 cm³/mol. The molecule has 0 fully saturated rings. The first kappa shape index (κ1) is 12.4. The molecule has 3 N–H and O–H groups in total. The first-order chi connectivity index (χ1) is 8.70. The van der Waals surface area contributed by atoms with Gasteiger partial charge < -0.3 is 11.1 Å². The summed E-state index contributed by atoms with van der Waals surface area (Å²) in [6.07, 6.45) is 1.57. The number of aromatic nitrogens is 1. The number of halogens is 1. The van der Waals surface area contributed by atoms with E-state index in [9.17, 15) is 0 Å². The fourth-order valence-corrected chi connectivity index (χ4v) is 1.99. The van der Waals surface area contributed by atoms with E-state index in [0.29, 0.717) is 23.6 Å². The van der Waals surface area contributed by atoms with Crippen molar-refractivity contribution in [1.82, 2.24) is 4.98 Å². The molecule has 0 spiro atoms. The monoisotopic (exact) mass is 302 g/mol. The molecule has 0 aliphatic carbocycles. The molecule has 0 aliphatic rings. The number of nitrogens with zero attached hydrogens (tertiary/aromatic N) is 2. The number of nitrogens with one attached hydrogen (secondary N) is 1. The highest BCUT2D eigenvalue weighted by Crippen LogP contribution is 2.20. The first-order valence-corrected chi connectivity index (χ1v) is 6.13. The summed E-state index contributed by atoms with van der Waals surface area (Å²) in [5, 5.41) is 12.0. The number of benzene rings is 1. The summed E-state index contributed by atoms with van der Waals surface area (Å²) in [5.41, 5.74) is 7.75. The summed E-state index contributed by atoms with van der Waals surface area (Å²) in [5.74, 6) is 0.536. The largest absolute Gasteiger partial charge is 0.395 e. The van der Waals surface area contributed by atoms with Crippen LogP contribution in [-0.4, -0.2) is 4.98 Å². The maximum absolute atomic E-state index is 8.87. The molecular formula is C13H11BrN4. The van der Waals surface area contributed by atoms with Crippen molar-refractivity contribution in [2.45, 2.75) is 6.54 Å². The van der Waals surface area contributed by atoms with Crippen molar-refractivity contribution in [3.05, 3.63) is 52.1 Å². The Morgan fingerprint density at radius 3 is 2.94 bits per heavy atom. The number of pyridine rings is 1. The van der Waals surface area contributed by atoms with E-state index in [1.807, 2.05) is 30.3 Å². The lowest BCUT2D eigenvalue weighted by molar-refractivity contribution is 1.11. The third-order valence-electron chi connectivity index (χ3n) is 2.46. The van der Waals surface area contributed by atoms with Gasteiger partial charge in [0.05, 0.1) is 11.3 Å². The highest BCUT2D eigenvalue weighted by atomic mass is 79.9. The minimum absolute atomic E-state index is 0.384. The van der Waals surface area contributed by atoms with Crippen molar-refractivity contribution in [1.29, 1.82) is 5.26 Å². The Bertz CT molecular complexity index is 604. The molecule has 2 aromatic rings. The van der Waals surface area contributed by atoms with Crippen LogP contribution in [0.3, 0.4) is 0 Å². The minimum atomic E-state index is 0.384. The summed E-state index contributed by atoms with van der Waals surface area (Å²) in [4.78, 5) is 4.13. The number of hydrogen-bond donors (Lipinski definition) is 2. The zero-order valence-electron chi connectivity index (χ0n) is 9.52. The third-order valence-corrected chi connectivity index (χ3v) is 2.95.